The Kier molecular flexibility index (Phi) is 4.95. The quantitative estimate of drug-likeness (QED) is 0.592. The van der Waals surface area contributed by atoms with Crippen LogP contribution >= 0.6 is 0 Å². The Labute approximate surface area is 150 Å². The first-order valence-corrected chi connectivity index (χ1v) is 8.64. The lowest BCUT2D eigenvalue weighted by Gasteiger charge is -2.34. The smallest absolute Gasteiger partial charge is 0.126 e. The Hall–Kier alpha value is -2.52. The number of ether oxygens (including phenoxy) is 1. The molecule has 1 aliphatic heterocycles. The third kappa shape index (κ3) is 3.62. The summed E-state index contributed by atoms with van der Waals surface area (Å²) in [5.74, 6) is 0.886. The van der Waals surface area contributed by atoms with E-state index in [2.05, 4.69) is 61.4 Å². The highest BCUT2D eigenvalue weighted by molar-refractivity contribution is 5.93. The fourth-order valence-corrected chi connectivity index (χ4v) is 3.37. The maximum absolute atomic E-state index is 5.58. The van der Waals surface area contributed by atoms with E-state index in [1.165, 1.54) is 11.1 Å². The van der Waals surface area contributed by atoms with Gasteiger partial charge in [-0.1, -0.05) is 48.6 Å². The molecule has 130 valence electrons. The fraction of sp³-hybridized carbons (Fsp3) is 0.273. The van der Waals surface area contributed by atoms with Gasteiger partial charge in [0.1, 0.15) is 5.75 Å². The normalized spacial score (nSPS) is 14.9. The molecule has 0 bridgehead atoms. The molecule has 0 fully saturated rings. The number of para-hydroxylation sites is 2. The van der Waals surface area contributed by atoms with Crippen LogP contribution < -0.4 is 15.4 Å². The summed E-state index contributed by atoms with van der Waals surface area (Å²) in [5, 5.41) is 7.12. The fourth-order valence-electron chi connectivity index (χ4n) is 3.37. The molecule has 2 N–H and O–H groups in total. The first-order chi connectivity index (χ1) is 12.1. The van der Waals surface area contributed by atoms with Crippen LogP contribution in [0.15, 0.2) is 61.2 Å². The molecule has 0 aromatic heterocycles. The van der Waals surface area contributed by atoms with Gasteiger partial charge in [-0.05, 0) is 25.5 Å². The summed E-state index contributed by atoms with van der Waals surface area (Å²) in [7, 11) is 1.72. The summed E-state index contributed by atoms with van der Waals surface area (Å²) in [6.45, 7) is 9.79. The highest BCUT2D eigenvalue weighted by Crippen LogP contribution is 2.42. The molecule has 0 unspecified atom stereocenters. The van der Waals surface area contributed by atoms with E-state index in [0.29, 0.717) is 0 Å². The summed E-state index contributed by atoms with van der Waals surface area (Å²) in [6.07, 6.45) is 4.19. The van der Waals surface area contributed by atoms with E-state index in [1.54, 1.807) is 7.11 Å². The van der Waals surface area contributed by atoms with Crippen LogP contribution in [0.25, 0.3) is 16.7 Å². The second-order valence-electron chi connectivity index (χ2n) is 6.86. The Morgan fingerprint density at radius 2 is 1.80 bits per heavy atom. The monoisotopic (exact) mass is 334 g/mol. The molecule has 2 aromatic carbocycles. The first-order valence-electron chi connectivity index (χ1n) is 8.64. The zero-order chi connectivity index (χ0) is 17.9. The molecular formula is C22H26N2O. The molecule has 3 rings (SSSR count). The Bertz CT molecular complexity index is 805. The predicted octanol–water partition coefficient (Wildman–Crippen LogP) is 4.73. The van der Waals surface area contributed by atoms with Gasteiger partial charge in [0.25, 0.3) is 0 Å². The van der Waals surface area contributed by atoms with Gasteiger partial charge in [0.2, 0.25) is 0 Å². The number of anilines is 1. The van der Waals surface area contributed by atoms with Crippen molar-refractivity contribution in [3.8, 4) is 16.9 Å². The van der Waals surface area contributed by atoms with Gasteiger partial charge in [0.15, 0.2) is 0 Å². The molecule has 1 aliphatic rings. The van der Waals surface area contributed by atoms with Crippen LogP contribution in [0.4, 0.5) is 5.69 Å². The summed E-state index contributed by atoms with van der Waals surface area (Å²) < 4.78 is 5.58. The van der Waals surface area contributed by atoms with Crippen LogP contribution in [0.5, 0.6) is 5.75 Å². The highest BCUT2D eigenvalue weighted by Gasteiger charge is 2.26. The minimum Gasteiger partial charge on any atom is -0.496 e. The minimum atomic E-state index is -0.115. The van der Waals surface area contributed by atoms with Crippen molar-refractivity contribution in [1.82, 2.24) is 5.32 Å². The lowest BCUT2D eigenvalue weighted by Crippen LogP contribution is -2.33. The Balaban J connectivity index is 2.10. The molecular weight excluding hydrogens is 308 g/mol. The number of rotatable bonds is 6. The Morgan fingerprint density at radius 1 is 1.08 bits per heavy atom. The van der Waals surface area contributed by atoms with Gasteiger partial charge >= 0.3 is 0 Å². The van der Waals surface area contributed by atoms with Crippen LogP contribution in [-0.2, 0) is 0 Å². The van der Waals surface area contributed by atoms with Crippen molar-refractivity contribution < 1.29 is 4.74 Å². The van der Waals surface area contributed by atoms with E-state index < -0.39 is 0 Å². The molecule has 0 amide bonds. The molecule has 0 aliphatic carbocycles. The zero-order valence-corrected chi connectivity index (χ0v) is 15.2. The largest absolute Gasteiger partial charge is 0.496 e. The lowest BCUT2D eigenvalue weighted by molar-refractivity contribution is 0.416. The van der Waals surface area contributed by atoms with Crippen molar-refractivity contribution in [2.45, 2.75) is 19.4 Å². The minimum absolute atomic E-state index is 0.115. The van der Waals surface area contributed by atoms with Gasteiger partial charge in [0.05, 0.1) is 18.3 Å². The van der Waals surface area contributed by atoms with Crippen molar-refractivity contribution in [1.29, 1.82) is 0 Å². The molecule has 0 saturated heterocycles. The number of hydrogen-bond donors (Lipinski definition) is 2. The Morgan fingerprint density at radius 3 is 2.56 bits per heavy atom. The number of hydrogen-bond acceptors (Lipinski definition) is 3. The molecule has 3 nitrogen and oxygen atoms in total. The van der Waals surface area contributed by atoms with Crippen LogP contribution in [0, 0.1) is 0 Å². The van der Waals surface area contributed by atoms with Gasteiger partial charge < -0.3 is 15.4 Å². The van der Waals surface area contributed by atoms with Gasteiger partial charge in [-0.15, -0.1) is 6.58 Å². The van der Waals surface area contributed by atoms with Crippen molar-refractivity contribution in [3.63, 3.8) is 0 Å². The van der Waals surface area contributed by atoms with Crippen LogP contribution in [0.1, 0.15) is 19.4 Å². The second kappa shape index (κ2) is 7.16. The molecule has 0 atom stereocenters. The predicted molar refractivity (Wildman–Crippen MR) is 107 cm³/mol. The van der Waals surface area contributed by atoms with Gasteiger partial charge in [-0.3, -0.25) is 0 Å². The van der Waals surface area contributed by atoms with Crippen molar-refractivity contribution in [2.24, 2.45) is 0 Å². The van der Waals surface area contributed by atoms with E-state index in [0.717, 1.165) is 35.7 Å². The van der Waals surface area contributed by atoms with Gasteiger partial charge in [-0.25, -0.2) is 0 Å². The maximum Gasteiger partial charge on any atom is 0.126 e. The molecule has 0 spiro atoms. The van der Waals surface area contributed by atoms with Crippen molar-refractivity contribution >= 4 is 11.3 Å². The third-order valence-electron chi connectivity index (χ3n) is 4.39. The average molecular weight is 334 g/mol. The van der Waals surface area contributed by atoms with Crippen LogP contribution in [0.3, 0.4) is 0 Å². The number of benzene rings is 2. The topological polar surface area (TPSA) is 33.3 Å². The number of nitrogens with one attached hydrogen (secondary N) is 2. The standard InChI is InChI=1S/C22H26N2O/c1-5-13-23-15-16-14-22(2,3)24-21-17(16)10-8-11-19(21)18-9-6-7-12-20(18)25-4/h5-12,14,23-24H,1,13,15H2,2-4H3. The molecule has 25 heavy (non-hydrogen) atoms. The lowest BCUT2D eigenvalue weighted by atomic mass is 9.87. The molecule has 1 heterocycles. The van der Waals surface area contributed by atoms with Crippen molar-refractivity contribution in [2.75, 3.05) is 25.5 Å². The van der Waals surface area contributed by atoms with E-state index in [9.17, 15) is 0 Å². The third-order valence-corrected chi connectivity index (χ3v) is 4.39. The maximum atomic E-state index is 5.58. The van der Waals surface area contributed by atoms with E-state index in [1.807, 2.05) is 24.3 Å². The molecule has 2 aromatic rings. The molecule has 3 heteroatoms. The first kappa shape index (κ1) is 17.3. The van der Waals surface area contributed by atoms with Crippen molar-refractivity contribution in [3.05, 3.63) is 66.8 Å². The van der Waals surface area contributed by atoms with E-state index in [-0.39, 0.29) is 5.54 Å². The highest BCUT2D eigenvalue weighted by atomic mass is 16.5. The van der Waals surface area contributed by atoms with Crippen LogP contribution in [0.2, 0.25) is 0 Å². The van der Waals surface area contributed by atoms with Gasteiger partial charge in [-0.2, -0.15) is 0 Å². The van der Waals surface area contributed by atoms with E-state index >= 15 is 0 Å². The number of fused-ring (bicyclic) bond motifs is 1. The average Bonchev–Trinajstić information content (AvgIpc) is 2.60. The summed E-state index contributed by atoms with van der Waals surface area (Å²) in [4.78, 5) is 0. The summed E-state index contributed by atoms with van der Waals surface area (Å²) >= 11 is 0. The van der Waals surface area contributed by atoms with E-state index in [4.69, 9.17) is 4.74 Å². The van der Waals surface area contributed by atoms with Crippen LogP contribution in [-0.4, -0.2) is 25.7 Å². The molecule has 0 saturated carbocycles. The summed E-state index contributed by atoms with van der Waals surface area (Å²) in [6, 6.07) is 14.6. The molecule has 0 radical (unpaired) electrons. The summed E-state index contributed by atoms with van der Waals surface area (Å²) in [5.41, 5.74) is 5.85. The number of methoxy groups -OCH3 is 1. The van der Waals surface area contributed by atoms with Gasteiger partial charge in [0, 0.05) is 29.8 Å². The zero-order valence-electron chi connectivity index (χ0n) is 15.2. The SMILES string of the molecule is C=CCNCC1=CC(C)(C)Nc2c1cccc2-c1ccccc1OC. The second-order valence-corrected chi connectivity index (χ2v) is 6.86.